The van der Waals surface area contributed by atoms with Crippen molar-refractivity contribution < 1.29 is 14.6 Å². The summed E-state index contributed by atoms with van der Waals surface area (Å²) in [4.78, 5) is 0. The average molecular weight is 336 g/mol. The standard InChI is InChI=1S/C18H22ClNO3/c1-22-17-5-2-4-15(12-20-10-3-11-21)18(17)23-13-14-6-8-16(19)9-7-14/h2,4-9,20-21H,3,10-13H2,1H3. The van der Waals surface area contributed by atoms with Gasteiger partial charge < -0.3 is 19.9 Å². The zero-order valence-electron chi connectivity index (χ0n) is 13.2. The summed E-state index contributed by atoms with van der Waals surface area (Å²) >= 11 is 5.90. The Labute approximate surface area is 142 Å². The highest BCUT2D eigenvalue weighted by Crippen LogP contribution is 2.31. The quantitative estimate of drug-likeness (QED) is 0.690. The summed E-state index contributed by atoms with van der Waals surface area (Å²) in [6, 6.07) is 13.4. The normalized spacial score (nSPS) is 10.6. The van der Waals surface area contributed by atoms with E-state index in [0.717, 1.165) is 29.8 Å². The predicted octanol–water partition coefficient (Wildman–Crippen LogP) is 3.40. The van der Waals surface area contributed by atoms with Gasteiger partial charge in [0.25, 0.3) is 0 Å². The summed E-state index contributed by atoms with van der Waals surface area (Å²) in [6.45, 7) is 2.05. The first-order valence-electron chi connectivity index (χ1n) is 7.59. The van der Waals surface area contributed by atoms with E-state index in [9.17, 15) is 0 Å². The third kappa shape index (κ3) is 5.43. The van der Waals surface area contributed by atoms with Gasteiger partial charge in [0.05, 0.1) is 7.11 Å². The lowest BCUT2D eigenvalue weighted by molar-refractivity contribution is 0.278. The fraction of sp³-hybridized carbons (Fsp3) is 0.333. The van der Waals surface area contributed by atoms with Crippen LogP contribution in [0, 0.1) is 0 Å². The molecular weight excluding hydrogens is 314 g/mol. The van der Waals surface area contributed by atoms with Gasteiger partial charge in [-0.25, -0.2) is 0 Å². The van der Waals surface area contributed by atoms with Gasteiger partial charge in [-0.05, 0) is 36.7 Å². The minimum atomic E-state index is 0.186. The van der Waals surface area contributed by atoms with Crippen molar-refractivity contribution in [3.8, 4) is 11.5 Å². The maximum absolute atomic E-state index is 8.84. The molecular formula is C18H22ClNO3. The molecule has 0 aromatic heterocycles. The maximum Gasteiger partial charge on any atom is 0.166 e. The fourth-order valence-electron chi connectivity index (χ4n) is 2.19. The highest BCUT2D eigenvalue weighted by Gasteiger charge is 2.10. The minimum absolute atomic E-state index is 0.186. The molecule has 2 aromatic rings. The second-order valence-electron chi connectivity index (χ2n) is 5.12. The van der Waals surface area contributed by atoms with Gasteiger partial charge in [-0.3, -0.25) is 0 Å². The van der Waals surface area contributed by atoms with Crippen molar-refractivity contribution >= 4 is 11.6 Å². The molecule has 0 spiro atoms. The summed E-state index contributed by atoms with van der Waals surface area (Å²) in [5, 5.41) is 12.8. The van der Waals surface area contributed by atoms with Crippen LogP contribution in [0.2, 0.25) is 5.02 Å². The Morgan fingerprint density at radius 2 is 1.91 bits per heavy atom. The van der Waals surface area contributed by atoms with Gasteiger partial charge in [0.2, 0.25) is 0 Å². The molecule has 0 radical (unpaired) electrons. The molecule has 2 aromatic carbocycles. The van der Waals surface area contributed by atoms with Crippen LogP contribution < -0.4 is 14.8 Å². The van der Waals surface area contributed by atoms with Crippen molar-refractivity contribution in [3.05, 3.63) is 58.6 Å². The molecule has 0 saturated carbocycles. The highest BCUT2D eigenvalue weighted by atomic mass is 35.5. The van der Waals surface area contributed by atoms with Crippen molar-refractivity contribution in [1.29, 1.82) is 0 Å². The number of benzene rings is 2. The lowest BCUT2D eigenvalue weighted by Gasteiger charge is -2.15. The van der Waals surface area contributed by atoms with E-state index in [0.29, 0.717) is 23.9 Å². The molecule has 0 saturated heterocycles. The van der Waals surface area contributed by atoms with Crippen LogP contribution in [-0.4, -0.2) is 25.4 Å². The number of para-hydroxylation sites is 1. The summed E-state index contributed by atoms with van der Waals surface area (Å²) < 4.78 is 11.4. The zero-order valence-corrected chi connectivity index (χ0v) is 14.0. The van der Waals surface area contributed by atoms with Crippen LogP contribution in [-0.2, 0) is 13.2 Å². The Hall–Kier alpha value is -1.75. The minimum Gasteiger partial charge on any atom is -0.493 e. The lowest BCUT2D eigenvalue weighted by atomic mass is 10.1. The SMILES string of the molecule is COc1cccc(CNCCCO)c1OCc1ccc(Cl)cc1. The van der Waals surface area contributed by atoms with Crippen LogP contribution in [0.5, 0.6) is 11.5 Å². The average Bonchev–Trinajstić information content (AvgIpc) is 2.58. The van der Waals surface area contributed by atoms with Crippen LogP contribution in [0.15, 0.2) is 42.5 Å². The molecule has 0 unspecified atom stereocenters. The second-order valence-corrected chi connectivity index (χ2v) is 5.55. The van der Waals surface area contributed by atoms with E-state index in [4.69, 9.17) is 26.2 Å². The molecule has 0 fully saturated rings. The number of rotatable bonds is 9. The number of hydrogen-bond donors (Lipinski definition) is 2. The smallest absolute Gasteiger partial charge is 0.166 e. The summed E-state index contributed by atoms with van der Waals surface area (Å²) in [5.74, 6) is 1.45. The summed E-state index contributed by atoms with van der Waals surface area (Å²) in [6.07, 6.45) is 0.727. The molecule has 5 heteroatoms. The van der Waals surface area contributed by atoms with Crippen LogP contribution in [0.3, 0.4) is 0 Å². The first-order valence-corrected chi connectivity index (χ1v) is 7.97. The van der Waals surface area contributed by atoms with E-state index in [-0.39, 0.29) is 6.61 Å². The Kier molecular flexibility index (Phi) is 7.20. The van der Waals surface area contributed by atoms with Crippen molar-refractivity contribution in [1.82, 2.24) is 5.32 Å². The van der Waals surface area contributed by atoms with Crippen molar-refractivity contribution in [2.75, 3.05) is 20.3 Å². The Balaban J connectivity index is 2.06. The van der Waals surface area contributed by atoms with E-state index in [2.05, 4.69) is 5.32 Å². The van der Waals surface area contributed by atoms with Crippen LogP contribution in [0.25, 0.3) is 0 Å². The first-order chi connectivity index (χ1) is 11.2. The van der Waals surface area contributed by atoms with Gasteiger partial charge in [0.15, 0.2) is 11.5 Å². The molecule has 0 heterocycles. The number of ether oxygens (including phenoxy) is 2. The molecule has 0 bridgehead atoms. The Morgan fingerprint density at radius 3 is 2.61 bits per heavy atom. The van der Waals surface area contributed by atoms with Gasteiger partial charge in [-0.2, -0.15) is 0 Å². The Bertz CT molecular complexity index is 602. The van der Waals surface area contributed by atoms with Crippen LogP contribution >= 0.6 is 11.6 Å². The number of aliphatic hydroxyl groups is 1. The molecule has 0 aliphatic heterocycles. The molecule has 4 nitrogen and oxygen atoms in total. The number of methoxy groups -OCH3 is 1. The Morgan fingerprint density at radius 1 is 1.13 bits per heavy atom. The predicted molar refractivity (Wildman–Crippen MR) is 92.2 cm³/mol. The lowest BCUT2D eigenvalue weighted by Crippen LogP contribution is -2.16. The van der Waals surface area contributed by atoms with Crippen molar-refractivity contribution in [3.63, 3.8) is 0 Å². The number of hydrogen-bond acceptors (Lipinski definition) is 4. The summed E-state index contributed by atoms with van der Waals surface area (Å²) in [7, 11) is 1.63. The van der Waals surface area contributed by atoms with Gasteiger partial charge in [0.1, 0.15) is 6.61 Å². The molecule has 2 N–H and O–H groups in total. The van der Waals surface area contributed by atoms with E-state index in [1.54, 1.807) is 7.11 Å². The molecule has 0 aliphatic carbocycles. The number of halogens is 1. The molecule has 0 amide bonds. The van der Waals surface area contributed by atoms with Crippen molar-refractivity contribution in [2.45, 2.75) is 19.6 Å². The monoisotopic (exact) mass is 335 g/mol. The molecule has 0 aliphatic rings. The van der Waals surface area contributed by atoms with Gasteiger partial charge in [0, 0.05) is 23.7 Å². The molecule has 23 heavy (non-hydrogen) atoms. The zero-order chi connectivity index (χ0) is 16.5. The van der Waals surface area contributed by atoms with E-state index < -0.39 is 0 Å². The fourth-order valence-corrected chi connectivity index (χ4v) is 2.31. The van der Waals surface area contributed by atoms with E-state index in [1.807, 2.05) is 42.5 Å². The maximum atomic E-state index is 8.84. The largest absolute Gasteiger partial charge is 0.493 e. The molecule has 0 atom stereocenters. The van der Waals surface area contributed by atoms with Gasteiger partial charge in [-0.1, -0.05) is 35.9 Å². The number of aliphatic hydroxyl groups excluding tert-OH is 1. The summed E-state index contributed by atoms with van der Waals surface area (Å²) in [5.41, 5.74) is 2.07. The first kappa shape index (κ1) is 17.6. The second kappa shape index (κ2) is 9.40. The van der Waals surface area contributed by atoms with Crippen LogP contribution in [0.4, 0.5) is 0 Å². The van der Waals surface area contributed by atoms with E-state index in [1.165, 1.54) is 0 Å². The molecule has 124 valence electrons. The third-order valence-electron chi connectivity index (χ3n) is 3.40. The van der Waals surface area contributed by atoms with Gasteiger partial charge >= 0.3 is 0 Å². The van der Waals surface area contributed by atoms with Crippen molar-refractivity contribution in [2.24, 2.45) is 0 Å². The third-order valence-corrected chi connectivity index (χ3v) is 3.66. The van der Waals surface area contributed by atoms with Crippen LogP contribution in [0.1, 0.15) is 17.5 Å². The molecule has 2 rings (SSSR count). The van der Waals surface area contributed by atoms with E-state index >= 15 is 0 Å². The highest BCUT2D eigenvalue weighted by molar-refractivity contribution is 6.30. The number of nitrogens with one attached hydrogen (secondary N) is 1. The van der Waals surface area contributed by atoms with Gasteiger partial charge in [-0.15, -0.1) is 0 Å². The topological polar surface area (TPSA) is 50.7 Å².